The van der Waals surface area contributed by atoms with Gasteiger partial charge >= 0.3 is 5.97 Å². The van der Waals surface area contributed by atoms with E-state index in [0.717, 1.165) is 0 Å². The highest BCUT2D eigenvalue weighted by atomic mass is 32.2. The molecule has 5 rings (SSSR count). The number of carbonyl (C=O) groups excluding carboxylic acids is 4. The van der Waals surface area contributed by atoms with E-state index in [1.54, 1.807) is 4.90 Å². The van der Waals surface area contributed by atoms with E-state index >= 15 is 0 Å². The molecule has 3 saturated heterocycles. The molecule has 1 unspecified atom stereocenters. The average molecular weight is 648 g/mol. The molecule has 4 aliphatic rings. The molecule has 17 heteroatoms. The van der Waals surface area contributed by atoms with Crippen LogP contribution in [0.15, 0.2) is 16.9 Å². The number of amides is 3. The Kier molecular flexibility index (Phi) is 10.2. The molecule has 0 radical (unpaired) electrons. The molecule has 6 N–H and O–H groups in total. The van der Waals surface area contributed by atoms with Gasteiger partial charge in [0.1, 0.15) is 18.6 Å². The Hall–Kier alpha value is -3.41. The summed E-state index contributed by atoms with van der Waals surface area (Å²) in [6, 6.07) is -0.762. The number of likely N-dealkylation sites (tertiary alicyclic amines) is 1. The Morgan fingerprint density at radius 3 is 2.62 bits per heavy atom. The number of nitrogens with one attached hydrogen (secondary N) is 2. The van der Waals surface area contributed by atoms with Gasteiger partial charge in [0.15, 0.2) is 5.78 Å². The first-order valence-electron chi connectivity index (χ1n) is 15.4. The highest BCUT2D eigenvalue weighted by molar-refractivity contribution is 8.03. The van der Waals surface area contributed by atoms with Gasteiger partial charge in [-0.05, 0) is 35.6 Å². The number of tetrazole rings is 1. The van der Waals surface area contributed by atoms with Crippen molar-refractivity contribution in [2.75, 3.05) is 32.7 Å². The van der Waals surface area contributed by atoms with Gasteiger partial charge in [-0.3, -0.25) is 19.2 Å². The van der Waals surface area contributed by atoms with E-state index in [1.807, 2.05) is 13.8 Å². The molecule has 1 aromatic heterocycles. The Balaban J connectivity index is 1.14. The number of fused-ring (bicyclic) bond motifs is 1. The first-order valence-corrected chi connectivity index (χ1v) is 16.3. The molecular weight excluding hydrogens is 606 g/mol. The summed E-state index contributed by atoms with van der Waals surface area (Å²) in [4.78, 5) is 67.7. The molecule has 3 amide bonds. The standard InChI is InChI=1S/C28H41N9O7S/c1-14(7-17(38)12-36-13-32-33-34-36)21-22-15(2)24(23(28(43)44)37(22)27(21)42)45-19-8-20(30-11-19)26(41)35-5-3-16(4-6-35)25(40)31-10-18(39)9-29/h13-16,18-22,30,39H,3-12,29H2,1-2H3,(H,31,40)(H,43,44)/t14-,15+,18?,19-,20-,21+,22+/m0/s1. The number of aromatic nitrogens is 4. The smallest absolute Gasteiger partial charge is 0.353 e. The molecule has 0 spiro atoms. The first-order chi connectivity index (χ1) is 21.5. The number of thioether (sulfide) groups is 1. The number of carboxylic acids is 1. The van der Waals surface area contributed by atoms with E-state index in [-0.39, 0.29) is 84.3 Å². The summed E-state index contributed by atoms with van der Waals surface area (Å²) in [5, 5.41) is 36.4. The van der Waals surface area contributed by atoms with Crippen LogP contribution in [0.4, 0.5) is 0 Å². The fourth-order valence-corrected chi connectivity index (χ4v) is 8.42. The summed E-state index contributed by atoms with van der Waals surface area (Å²) < 4.78 is 1.33. The van der Waals surface area contributed by atoms with Gasteiger partial charge in [-0.15, -0.1) is 16.9 Å². The van der Waals surface area contributed by atoms with Crippen molar-refractivity contribution in [2.45, 2.75) is 69.5 Å². The summed E-state index contributed by atoms with van der Waals surface area (Å²) in [5.74, 6) is -2.97. The van der Waals surface area contributed by atoms with Crippen LogP contribution in [0.25, 0.3) is 0 Å². The van der Waals surface area contributed by atoms with E-state index in [4.69, 9.17) is 5.73 Å². The van der Waals surface area contributed by atoms with Crippen molar-refractivity contribution in [1.82, 2.24) is 40.6 Å². The van der Waals surface area contributed by atoms with E-state index in [9.17, 15) is 34.2 Å². The fourth-order valence-electron chi connectivity index (χ4n) is 6.94. The quantitative estimate of drug-likeness (QED) is 0.149. The van der Waals surface area contributed by atoms with Crippen LogP contribution in [0.5, 0.6) is 0 Å². The third-order valence-electron chi connectivity index (χ3n) is 9.33. The van der Waals surface area contributed by atoms with Crippen molar-refractivity contribution in [3.63, 3.8) is 0 Å². The van der Waals surface area contributed by atoms with E-state index < -0.39 is 24.0 Å². The highest BCUT2D eigenvalue weighted by Gasteiger charge is 2.60. The predicted molar refractivity (Wildman–Crippen MR) is 160 cm³/mol. The Morgan fingerprint density at radius 2 is 1.98 bits per heavy atom. The molecule has 0 aromatic carbocycles. The average Bonchev–Trinajstić information content (AvgIpc) is 3.75. The summed E-state index contributed by atoms with van der Waals surface area (Å²) in [7, 11) is 0. The first kappa shape index (κ1) is 33.0. The van der Waals surface area contributed by atoms with E-state index in [0.29, 0.717) is 43.8 Å². The number of hydrogen-bond donors (Lipinski definition) is 5. The molecule has 0 bridgehead atoms. The molecule has 0 aliphatic carbocycles. The Labute approximate surface area is 264 Å². The van der Waals surface area contributed by atoms with Gasteiger partial charge in [0.05, 0.1) is 24.1 Å². The lowest BCUT2D eigenvalue weighted by Crippen LogP contribution is -2.62. The summed E-state index contributed by atoms with van der Waals surface area (Å²) >= 11 is 1.42. The van der Waals surface area contributed by atoms with Gasteiger partial charge in [-0.25, -0.2) is 9.48 Å². The largest absolute Gasteiger partial charge is 0.477 e. The number of carbonyl (C=O) groups is 5. The molecule has 3 fully saturated rings. The third kappa shape index (κ3) is 6.90. The van der Waals surface area contributed by atoms with E-state index in [1.165, 1.54) is 27.7 Å². The monoisotopic (exact) mass is 647 g/mol. The number of ketones is 1. The van der Waals surface area contributed by atoms with Crippen molar-refractivity contribution in [1.29, 1.82) is 0 Å². The summed E-state index contributed by atoms with van der Waals surface area (Å²) in [5.41, 5.74) is 5.39. The maximum absolute atomic E-state index is 13.3. The van der Waals surface area contributed by atoms with Crippen LogP contribution in [0.1, 0.15) is 39.5 Å². The number of rotatable bonds is 13. The molecule has 7 atom stereocenters. The third-order valence-corrected chi connectivity index (χ3v) is 10.8. The van der Waals surface area contributed by atoms with Crippen LogP contribution in [0.2, 0.25) is 0 Å². The maximum Gasteiger partial charge on any atom is 0.353 e. The minimum atomic E-state index is -1.16. The van der Waals surface area contributed by atoms with Gasteiger partial charge in [0.2, 0.25) is 17.7 Å². The predicted octanol–water partition coefficient (Wildman–Crippen LogP) is -1.82. The molecule has 5 heterocycles. The number of β-lactam (4-membered cyclic amide) rings is 1. The SMILES string of the molecule is C[C@@H](CC(=O)Cn1cnnn1)[C@H]1C(=O)N2C(C(=O)O)=C(S[C@@H]3CN[C@H](C(=O)N4CCC(C(=O)NCC(O)CN)CC4)C3)[C@H](C)[C@H]12. The van der Waals surface area contributed by atoms with Crippen LogP contribution >= 0.6 is 11.8 Å². The van der Waals surface area contributed by atoms with Crippen LogP contribution in [0.3, 0.4) is 0 Å². The number of aliphatic hydroxyl groups is 1. The van der Waals surface area contributed by atoms with E-state index in [2.05, 4.69) is 26.2 Å². The second-order valence-electron chi connectivity index (χ2n) is 12.4. The normalized spacial score (nSPS) is 28.1. The zero-order valence-corrected chi connectivity index (χ0v) is 26.2. The summed E-state index contributed by atoms with van der Waals surface area (Å²) in [6.07, 6.45) is 2.28. The summed E-state index contributed by atoms with van der Waals surface area (Å²) in [6.45, 7) is 5.36. The van der Waals surface area contributed by atoms with Gasteiger partial charge < -0.3 is 36.4 Å². The van der Waals surface area contributed by atoms with Crippen molar-refractivity contribution in [3.05, 3.63) is 16.9 Å². The minimum Gasteiger partial charge on any atom is -0.477 e. The minimum absolute atomic E-state index is 0.0000679. The second kappa shape index (κ2) is 13.9. The number of Topliss-reactive ketones (excluding diaryl/α,β-unsaturated/α-hetero) is 1. The number of carboxylic acid groups (broad SMARTS) is 1. The van der Waals surface area contributed by atoms with Crippen LogP contribution in [-0.4, -0.2) is 126 Å². The van der Waals surface area contributed by atoms with Crippen LogP contribution in [-0.2, 0) is 30.5 Å². The molecule has 16 nitrogen and oxygen atoms in total. The number of aliphatic carboxylic acids is 1. The molecular formula is C28H41N9O7S. The van der Waals surface area contributed by atoms with Gasteiger partial charge in [0, 0.05) is 61.1 Å². The van der Waals surface area contributed by atoms with Crippen LogP contribution in [0, 0.1) is 23.7 Å². The topological polar surface area (TPSA) is 226 Å². The second-order valence-corrected chi connectivity index (χ2v) is 13.8. The van der Waals surface area contributed by atoms with Gasteiger partial charge in [-0.2, -0.15) is 0 Å². The number of hydrogen-bond acceptors (Lipinski definition) is 12. The molecule has 45 heavy (non-hydrogen) atoms. The lowest BCUT2D eigenvalue weighted by atomic mass is 9.73. The lowest BCUT2D eigenvalue weighted by molar-refractivity contribution is -0.160. The Bertz CT molecular complexity index is 1330. The van der Waals surface area contributed by atoms with Gasteiger partial charge in [-0.1, -0.05) is 13.8 Å². The number of nitrogens with zero attached hydrogens (tertiary/aromatic N) is 6. The van der Waals surface area contributed by atoms with Crippen molar-refractivity contribution >= 4 is 41.2 Å². The van der Waals surface area contributed by atoms with Crippen molar-refractivity contribution in [3.8, 4) is 0 Å². The molecule has 246 valence electrons. The fraction of sp³-hybridized carbons (Fsp3) is 0.714. The molecule has 0 saturated carbocycles. The zero-order valence-electron chi connectivity index (χ0n) is 25.4. The molecule has 1 aromatic rings. The van der Waals surface area contributed by atoms with Gasteiger partial charge in [0.25, 0.3) is 0 Å². The lowest BCUT2D eigenvalue weighted by Gasteiger charge is -2.47. The number of aliphatic hydroxyl groups excluding tert-OH is 1. The van der Waals surface area contributed by atoms with Crippen LogP contribution < -0.4 is 16.4 Å². The highest BCUT2D eigenvalue weighted by Crippen LogP contribution is 2.53. The number of piperidine rings is 1. The zero-order chi connectivity index (χ0) is 32.4. The Morgan fingerprint density at radius 1 is 1.24 bits per heavy atom. The molecule has 4 aliphatic heterocycles. The number of nitrogens with two attached hydrogens (primary N) is 1. The maximum atomic E-state index is 13.3. The van der Waals surface area contributed by atoms with Crippen molar-refractivity contribution in [2.24, 2.45) is 29.4 Å². The van der Waals surface area contributed by atoms with Crippen molar-refractivity contribution < 1.29 is 34.2 Å².